The molecule has 1 fully saturated rings. The van der Waals surface area contributed by atoms with Gasteiger partial charge < -0.3 is 4.74 Å². The molecule has 0 spiro atoms. The van der Waals surface area contributed by atoms with E-state index in [-0.39, 0.29) is 17.8 Å². The molecule has 118 valence electrons. The molecule has 1 saturated carbocycles. The lowest BCUT2D eigenvalue weighted by molar-refractivity contribution is -0.148. The molecule has 21 heavy (non-hydrogen) atoms. The van der Waals surface area contributed by atoms with Gasteiger partial charge in [0.1, 0.15) is 12.6 Å². The number of carbonyl (C=O) groups excluding carboxylic acids is 1. The van der Waals surface area contributed by atoms with Crippen molar-refractivity contribution in [3.05, 3.63) is 18.0 Å². The average molecular weight is 315 g/mol. The van der Waals surface area contributed by atoms with E-state index in [2.05, 4.69) is 9.82 Å². The highest BCUT2D eigenvalue weighted by molar-refractivity contribution is 7.90. The lowest BCUT2D eigenvalue weighted by Gasteiger charge is -2.20. The van der Waals surface area contributed by atoms with Gasteiger partial charge in [-0.25, -0.2) is 13.1 Å². The molecular formula is C13H21N3O4S. The molecule has 1 N–H and O–H groups in total. The second kappa shape index (κ2) is 6.15. The minimum absolute atomic E-state index is 0.0731. The Morgan fingerprint density at radius 2 is 2.19 bits per heavy atom. The SMILES string of the molecule is CC(C)[C@@H](NS(=O)(=O)C1CC1)C(=O)OCc1ccnn1C. The maximum Gasteiger partial charge on any atom is 0.324 e. The highest BCUT2D eigenvalue weighted by Crippen LogP contribution is 2.28. The summed E-state index contributed by atoms with van der Waals surface area (Å²) in [5.41, 5.74) is 0.746. The summed E-state index contributed by atoms with van der Waals surface area (Å²) in [6.07, 6.45) is 2.92. The van der Waals surface area contributed by atoms with Crippen molar-refractivity contribution in [1.82, 2.24) is 14.5 Å². The normalized spacial score (nSPS) is 17.0. The zero-order chi connectivity index (χ0) is 15.6. The first-order valence-corrected chi connectivity index (χ1v) is 8.50. The van der Waals surface area contributed by atoms with Crippen molar-refractivity contribution in [2.45, 2.75) is 44.6 Å². The van der Waals surface area contributed by atoms with Gasteiger partial charge in [0.05, 0.1) is 10.9 Å². The molecule has 1 aliphatic rings. The van der Waals surface area contributed by atoms with E-state index in [4.69, 9.17) is 4.74 Å². The van der Waals surface area contributed by atoms with Crippen molar-refractivity contribution in [1.29, 1.82) is 0 Å². The Balaban J connectivity index is 1.97. The number of hydrogen-bond donors (Lipinski definition) is 1. The van der Waals surface area contributed by atoms with Crippen molar-refractivity contribution >= 4 is 16.0 Å². The van der Waals surface area contributed by atoms with Gasteiger partial charge in [0.15, 0.2) is 0 Å². The van der Waals surface area contributed by atoms with Crippen LogP contribution in [0.5, 0.6) is 0 Å². The second-order valence-electron chi connectivity index (χ2n) is 5.64. The van der Waals surface area contributed by atoms with Gasteiger partial charge in [-0.05, 0) is 24.8 Å². The third-order valence-corrected chi connectivity index (χ3v) is 5.39. The van der Waals surface area contributed by atoms with Crippen LogP contribution in [0.4, 0.5) is 0 Å². The molecule has 1 aliphatic carbocycles. The average Bonchev–Trinajstić information content (AvgIpc) is 3.18. The smallest absolute Gasteiger partial charge is 0.324 e. The summed E-state index contributed by atoms with van der Waals surface area (Å²) in [6.45, 7) is 3.64. The Morgan fingerprint density at radius 3 is 2.67 bits per heavy atom. The topological polar surface area (TPSA) is 90.3 Å². The Labute approximate surface area is 124 Å². The molecule has 8 heteroatoms. The fourth-order valence-corrected chi connectivity index (χ4v) is 3.56. The zero-order valence-electron chi connectivity index (χ0n) is 12.4. The standard InChI is InChI=1S/C13H21N3O4S/c1-9(2)12(15-21(18,19)11-4-5-11)13(17)20-8-10-6-7-14-16(10)3/h6-7,9,11-12,15H,4-5,8H2,1-3H3/t12-/m1/s1. The molecule has 1 heterocycles. The van der Waals surface area contributed by atoms with Gasteiger partial charge in [-0.2, -0.15) is 5.10 Å². The molecule has 1 aromatic rings. The van der Waals surface area contributed by atoms with Crippen LogP contribution in [-0.2, 0) is 33.2 Å². The van der Waals surface area contributed by atoms with Crippen LogP contribution in [0.25, 0.3) is 0 Å². The summed E-state index contributed by atoms with van der Waals surface area (Å²) in [5, 5.41) is 3.62. The third kappa shape index (κ3) is 4.04. The molecule has 2 rings (SSSR count). The van der Waals surface area contributed by atoms with E-state index < -0.39 is 22.0 Å². The molecule has 0 bridgehead atoms. The number of hydrogen-bond acceptors (Lipinski definition) is 5. The van der Waals surface area contributed by atoms with Crippen molar-refractivity contribution < 1.29 is 17.9 Å². The summed E-state index contributed by atoms with van der Waals surface area (Å²) in [5.74, 6) is -0.743. The number of nitrogens with one attached hydrogen (secondary N) is 1. The Kier molecular flexibility index (Phi) is 4.67. The molecular weight excluding hydrogens is 294 g/mol. The van der Waals surface area contributed by atoms with Gasteiger partial charge in [0.2, 0.25) is 10.0 Å². The minimum Gasteiger partial charge on any atom is -0.458 e. The Hall–Kier alpha value is -1.41. The second-order valence-corrected chi connectivity index (χ2v) is 7.63. The first-order valence-electron chi connectivity index (χ1n) is 6.96. The lowest BCUT2D eigenvalue weighted by Crippen LogP contribution is -2.46. The fraction of sp³-hybridized carbons (Fsp3) is 0.692. The highest BCUT2D eigenvalue weighted by atomic mass is 32.2. The van der Waals surface area contributed by atoms with E-state index in [1.54, 1.807) is 37.8 Å². The molecule has 0 radical (unpaired) electrons. The maximum atomic E-state index is 12.1. The Morgan fingerprint density at radius 1 is 1.52 bits per heavy atom. The summed E-state index contributed by atoms with van der Waals surface area (Å²) in [4.78, 5) is 12.1. The van der Waals surface area contributed by atoms with Gasteiger partial charge in [-0.3, -0.25) is 9.48 Å². The molecule has 0 saturated heterocycles. The highest BCUT2D eigenvalue weighted by Gasteiger charge is 2.39. The number of carbonyl (C=O) groups is 1. The van der Waals surface area contributed by atoms with Gasteiger partial charge in [-0.15, -0.1) is 0 Å². The summed E-state index contributed by atoms with van der Waals surface area (Å²) < 4.78 is 33.2. The van der Waals surface area contributed by atoms with E-state index in [1.165, 1.54) is 0 Å². The van der Waals surface area contributed by atoms with Crippen LogP contribution >= 0.6 is 0 Å². The van der Waals surface area contributed by atoms with Crippen LogP contribution in [0.2, 0.25) is 0 Å². The number of sulfonamides is 1. The predicted molar refractivity (Wildman–Crippen MR) is 76.7 cm³/mol. The van der Waals surface area contributed by atoms with E-state index >= 15 is 0 Å². The van der Waals surface area contributed by atoms with E-state index in [0.29, 0.717) is 12.8 Å². The van der Waals surface area contributed by atoms with Crippen molar-refractivity contribution in [2.75, 3.05) is 0 Å². The number of aromatic nitrogens is 2. The molecule has 0 amide bonds. The van der Waals surface area contributed by atoms with E-state index in [1.807, 2.05) is 0 Å². The van der Waals surface area contributed by atoms with Gasteiger partial charge >= 0.3 is 5.97 Å². The number of aryl methyl sites for hydroxylation is 1. The Bertz CT molecular complexity index is 605. The largest absolute Gasteiger partial charge is 0.458 e. The predicted octanol–water partition coefficient (Wildman–Crippen LogP) is 0.570. The van der Waals surface area contributed by atoms with Gasteiger partial charge in [0.25, 0.3) is 0 Å². The number of esters is 1. The molecule has 0 aromatic carbocycles. The quantitative estimate of drug-likeness (QED) is 0.743. The molecule has 1 aromatic heterocycles. The van der Waals surface area contributed by atoms with Gasteiger partial charge in [-0.1, -0.05) is 13.8 Å². The van der Waals surface area contributed by atoms with Gasteiger partial charge in [0, 0.05) is 13.2 Å². The first-order chi connectivity index (χ1) is 9.81. The lowest BCUT2D eigenvalue weighted by atomic mass is 10.1. The molecule has 7 nitrogen and oxygen atoms in total. The van der Waals surface area contributed by atoms with Crippen LogP contribution in [0, 0.1) is 5.92 Å². The summed E-state index contributed by atoms with van der Waals surface area (Å²) >= 11 is 0. The number of ether oxygens (including phenoxy) is 1. The maximum absolute atomic E-state index is 12.1. The van der Waals surface area contributed by atoms with Crippen LogP contribution in [0.1, 0.15) is 32.4 Å². The minimum atomic E-state index is -3.43. The first kappa shape index (κ1) is 16.0. The van der Waals surface area contributed by atoms with Crippen molar-refractivity contribution in [3.8, 4) is 0 Å². The summed E-state index contributed by atoms with van der Waals surface area (Å²) in [7, 11) is -1.68. The van der Waals surface area contributed by atoms with Crippen LogP contribution < -0.4 is 4.72 Å². The van der Waals surface area contributed by atoms with Crippen molar-refractivity contribution in [2.24, 2.45) is 13.0 Å². The number of nitrogens with zero attached hydrogens (tertiary/aromatic N) is 2. The third-order valence-electron chi connectivity index (χ3n) is 3.46. The van der Waals surface area contributed by atoms with Crippen LogP contribution in [-0.4, -0.2) is 35.5 Å². The van der Waals surface area contributed by atoms with Crippen LogP contribution in [0.15, 0.2) is 12.3 Å². The van der Waals surface area contributed by atoms with Crippen LogP contribution in [0.3, 0.4) is 0 Å². The zero-order valence-corrected chi connectivity index (χ0v) is 13.3. The molecule has 0 unspecified atom stereocenters. The van der Waals surface area contributed by atoms with E-state index in [9.17, 15) is 13.2 Å². The fourth-order valence-electron chi connectivity index (χ4n) is 1.89. The van der Waals surface area contributed by atoms with E-state index in [0.717, 1.165) is 5.69 Å². The molecule has 1 atom stereocenters. The van der Waals surface area contributed by atoms with Crippen molar-refractivity contribution in [3.63, 3.8) is 0 Å². The summed E-state index contributed by atoms with van der Waals surface area (Å²) in [6, 6.07) is 0.885. The monoisotopic (exact) mass is 315 g/mol. The molecule has 0 aliphatic heterocycles. The number of rotatable bonds is 7.